The van der Waals surface area contributed by atoms with Gasteiger partial charge in [-0.1, -0.05) is 26.0 Å². The molecule has 0 spiro atoms. The molecule has 0 radical (unpaired) electrons. The highest BCUT2D eigenvalue weighted by molar-refractivity contribution is 5.97. The number of unbranched alkanes of at least 4 members (excludes halogenated alkanes) is 1. The van der Waals surface area contributed by atoms with Gasteiger partial charge in [-0.3, -0.25) is 4.79 Å². The lowest BCUT2D eigenvalue weighted by Crippen LogP contribution is -2.27. The number of rotatable bonds is 6. The van der Waals surface area contributed by atoms with Gasteiger partial charge in [-0.2, -0.15) is 0 Å². The number of hydrogen-bond donors (Lipinski definition) is 1. The largest absolute Gasteiger partial charge is 0.330 e. The Hall–Kier alpha value is -1.19. The topological polar surface area (TPSA) is 46.3 Å². The zero-order valence-corrected chi connectivity index (χ0v) is 13.4. The first-order chi connectivity index (χ1) is 10.1. The first kappa shape index (κ1) is 16.2. The van der Waals surface area contributed by atoms with Crippen LogP contribution < -0.4 is 5.73 Å². The van der Waals surface area contributed by atoms with E-state index in [2.05, 4.69) is 17.0 Å². The Kier molecular flexibility index (Phi) is 5.95. The van der Waals surface area contributed by atoms with Crippen LogP contribution in [-0.4, -0.2) is 36.9 Å². The van der Waals surface area contributed by atoms with E-state index in [1.807, 2.05) is 19.9 Å². The molecule has 21 heavy (non-hydrogen) atoms. The summed E-state index contributed by atoms with van der Waals surface area (Å²) in [4.78, 5) is 14.7. The molecular formula is C18H28N2O. The van der Waals surface area contributed by atoms with Gasteiger partial charge in [0.25, 0.3) is 0 Å². The van der Waals surface area contributed by atoms with Crippen molar-refractivity contribution < 1.29 is 4.79 Å². The monoisotopic (exact) mass is 288 g/mol. The molecule has 0 amide bonds. The molecule has 1 aliphatic rings. The van der Waals surface area contributed by atoms with Gasteiger partial charge in [-0.25, -0.2) is 0 Å². The number of fused-ring (bicyclic) bond motifs is 1. The molecule has 0 bridgehead atoms. The fraction of sp³-hybridized carbons (Fsp3) is 0.611. The summed E-state index contributed by atoms with van der Waals surface area (Å²) >= 11 is 0. The van der Waals surface area contributed by atoms with Crippen molar-refractivity contribution in [1.82, 2.24) is 4.90 Å². The number of carbonyl (C=O) groups excluding carboxylic acids is 1. The maximum absolute atomic E-state index is 12.1. The Morgan fingerprint density at radius 1 is 1.19 bits per heavy atom. The Morgan fingerprint density at radius 2 is 1.90 bits per heavy atom. The van der Waals surface area contributed by atoms with Crippen LogP contribution in [0.4, 0.5) is 0 Å². The highest BCUT2D eigenvalue weighted by Crippen LogP contribution is 2.20. The van der Waals surface area contributed by atoms with E-state index in [0.29, 0.717) is 0 Å². The standard InChI is InChI=1S/C18H28N2O/c1-14(2)18(21)17-6-5-15-7-11-20(10-4-3-9-19)12-8-16(15)13-17/h5-6,13-14H,3-4,7-12,19H2,1-2H3. The first-order valence-electron chi connectivity index (χ1n) is 8.20. The van der Waals surface area contributed by atoms with Crippen LogP contribution in [0.15, 0.2) is 18.2 Å². The van der Waals surface area contributed by atoms with Crippen molar-refractivity contribution in [3.8, 4) is 0 Å². The van der Waals surface area contributed by atoms with E-state index in [-0.39, 0.29) is 11.7 Å². The first-order valence-corrected chi connectivity index (χ1v) is 8.20. The van der Waals surface area contributed by atoms with Crippen LogP contribution in [0.3, 0.4) is 0 Å². The number of nitrogens with zero attached hydrogens (tertiary/aromatic N) is 1. The predicted molar refractivity (Wildman–Crippen MR) is 87.7 cm³/mol. The lowest BCUT2D eigenvalue weighted by Gasteiger charge is -2.19. The number of carbonyl (C=O) groups is 1. The molecular weight excluding hydrogens is 260 g/mol. The van der Waals surface area contributed by atoms with Gasteiger partial charge in [0.2, 0.25) is 0 Å². The van der Waals surface area contributed by atoms with E-state index in [4.69, 9.17) is 5.73 Å². The van der Waals surface area contributed by atoms with Gasteiger partial charge >= 0.3 is 0 Å². The maximum Gasteiger partial charge on any atom is 0.165 e. The number of nitrogens with two attached hydrogens (primary N) is 1. The molecule has 0 aromatic heterocycles. The molecule has 0 saturated heterocycles. The average molecular weight is 288 g/mol. The van der Waals surface area contributed by atoms with Crippen LogP contribution in [0.1, 0.15) is 48.2 Å². The Bertz CT molecular complexity index is 482. The van der Waals surface area contributed by atoms with Crippen LogP contribution in [0.2, 0.25) is 0 Å². The SMILES string of the molecule is CC(C)C(=O)c1ccc2c(c1)CCN(CCCCN)CC2. The van der Waals surface area contributed by atoms with Crippen molar-refractivity contribution in [2.75, 3.05) is 26.2 Å². The molecule has 1 aromatic rings. The lowest BCUT2D eigenvalue weighted by atomic mass is 9.95. The summed E-state index contributed by atoms with van der Waals surface area (Å²) in [5, 5.41) is 0. The van der Waals surface area contributed by atoms with E-state index in [1.54, 1.807) is 0 Å². The molecule has 0 unspecified atom stereocenters. The smallest absolute Gasteiger partial charge is 0.165 e. The van der Waals surface area contributed by atoms with Crippen LogP contribution in [0.25, 0.3) is 0 Å². The van der Waals surface area contributed by atoms with Gasteiger partial charge in [-0.15, -0.1) is 0 Å². The zero-order valence-electron chi connectivity index (χ0n) is 13.4. The molecule has 1 heterocycles. The molecule has 1 aromatic carbocycles. The third-order valence-corrected chi connectivity index (χ3v) is 4.34. The second-order valence-electron chi connectivity index (χ2n) is 6.34. The third-order valence-electron chi connectivity index (χ3n) is 4.34. The Balaban J connectivity index is 2.02. The van der Waals surface area contributed by atoms with Gasteiger partial charge in [0.15, 0.2) is 5.78 Å². The number of Topliss-reactive ketones (excluding diaryl/α,β-unsaturated/α-hetero) is 1. The molecule has 1 aliphatic heterocycles. The van der Waals surface area contributed by atoms with Gasteiger partial charge in [-0.05, 0) is 56.0 Å². The van der Waals surface area contributed by atoms with Crippen molar-refractivity contribution in [1.29, 1.82) is 0 Å². The summed E-state index contributed by atoms with van der Waals surface area (Å²) in [6.45, 7) is 8.07. The highest BCUT2D eigenvalue weighted by Gasteiger charge is 2.16. The van der Waals surface area contributed by atoms with Gasteiger partial charge in [0.1, 0.15) is 0 Å². The quantitative estimate of drug-likeness (QED) is 0.646. The molecule has 2 rings (SSSR count). The Morgan fingerprint density at radius 3 is 2.57 bits per heavy atom. The fourth-order valence-electron chi connectivity index (χ4n) is 2.96. The summed E-state index contributed by atoms with van der Waals surface area (Å²) in [7, 11) is 0. The second kappa shape index (κ2) is 7.71. The summed E-state index contributed by atoms with van der Waals surface area (Å²) in [6, 6.07) is 6.29. The average Bonchev–Trinajstić information content (AvgIpc) is 2.68. The minimum Gasteiger partial charge on any atom is -0.330 e. The van der Waals surface area contributed by atoms with E-state index < -0.39 is 0 Å². The van der Waals surface area contributed by atoms with Gasteiger partial charge in [0.05, 0.1) is 0 Å². The molecule has 0 fully saturated rings. The van der Waals surface area contributed by atoms with Crippen LogP contribution in [0.5, 0.6) is 0 Å². The minimum atomic E-state index is 0.0709. The summed E-state index contributed by atoms with van der Waals surface area (Å²) < 4.78 is 0. The van der Waals surface area contributed by atoms with Crippen molar-refractivity contribution >= 4 is 5.78 Å². The predicted octanol–water partition coefficient (Wildman–Crippen LogP) is 2.66. The molecule has 0 aliphatic carbocycles. The molecule has 0 atom stereocenters. The number of benzene rings is 1. The Labute approximate surface area is 128 Å². The van der Waals surface area contributed by atoms with Crippen molar-refractivity contribution in [3.05, 3.63) is 34.9 Å². The van der Waals surface area contributed by atoms with Crippen molar-refractivity contribution in [2.24, 2.45) is 11.7 Å². The van der Waals surface area contributed by atoms with E-state index in [0.717, 1.165) is 51.0 Å². The fourth-order valence-corrected chi connectivity index (χ4v) is 2.96. The van der Waals surface area contributed by atoms with E-state index >= 15 is 0 Å². The minimum absolute atomic E-state index is 0.0709. The number of hydrogen-bond acceptors (Lipinski definition) is 3. The van der Waals surface area contributed by atoms with Gasteiger partial charge in [0, 0.05) is 24.6 Å². The van der Waals surface area contributed by atoms with Crippen molar-refractivity contribution in [2.45, 2.75) is 39.5 Å². The molecule has 0 saturated carbocycles. The summed E-state index contributed by atoms with van der Waals surface area (Å²) in [5.74, 6) is 0.323. The highest BCUT2D eigenvalue weighted by atomic mass is 16.1. The normalized spacial score (nSPS) is 15.8. The lowest BCUT2D eigenvalue weighted by molar-refractivity contribution is 0.0939. The zero-order chi connectivity index (χ0) is 15.2. The van der Waals surface area contributed by atoms with Gasteiger partial charge < -0.3 is 10.6 Å². The molecule has 3 heteroatoms. The summed E-state index contributed by atoms with van der Waals surface area (Å²) in [5.41, 5.74) is 9.22. The maximum atomic E-state index is 12.1. The van der Waals surface area contributed by atoms with E-state index in [9.17, 15) is 4.79 Å². The number of ketones is 1. The van der Waals surface area contributed by atoms with Crippen LogP contribution in [-0.2, 0) is 12.8 Å². The molecule has 2 N–H and O–H groups in total. The van der Waals surface area contributed by atoms with Crippen molar-refractivity contribution in [3.63, 3.8) is 0 Å². The van der Waals surface area contributed by atoms with E-state index in [1.165, 1.54) is 17.5 Å². The molecule has 116 valence electrons. The summed E-state index contributed by atoms with van der Waals surface area (Å²) in [6.07, 6.45) is 4.44. The molecule has 3 nitrogen and oxygen atoms in total. The second-order valence-corrected chi connectivity index (χ2v) is 6.34. The van der Waals surface area contributed by atoms with Crippen LogP contribution >= 0.6 is 0 Å². The third kappa shape index (κ3) is 4.39. The van der Waals surface area contributed by atoms with Crippen LogP contribution in [0, 0.1) is 5.92 Å².